The largest absolute Gasteiger partial charge is 0.497 e. The molecule has 0 unspecified atom stereocenters. The molecule has 0 spiro atoms. The van der Waals surface area contributed by atoms with Gasteiger partial charge in [-0.25, -0.2) is 0 Å². The molecule has 0 atom stereocenters. The molecule has 0 aliphatic heterocycles. The van der Waals surface area contributed by atoms with Crippen molar-refractivity contribution in [3.63, 3.8) is 0 Å². The highest BCUT2D eigenvalue weighted by atomic mass is 127. The normalized spacial score (nSPS) is 10.7. The zero-order valence-electron chi connectivity index (χ0n) is 16.9. The number of carbonyl (C=O) groups is 1. The molecule has 6 nitrogen and oxygen atoms in total. The fraction of sp³-hybridized carbons (Fsp3) is 0.333. The van der Waals surface area contributed by atoms with Crippen molar-refractivity contribution in [2.24, 2.45) is 4.99 Å². The zero-order valence-corrected chi connectivity index (χ0v) is 20.0. The molecule has 3 N–H and O–H groups in total. The third-order valence-electron chi connectivity index (χ3n) is 4.15. The quantitative estimate of drug-likeness (QED) is 0.275. The first kappa shape index (κ1) is 25.0. The van der Waals surface area contributed by atoms with Crippen molar-refractivity contribution in [2.75, 3.05) is 32.6 Å². The molecule has 0 radical (unpaired) electrons. The molecule has 0 saturated carbocycles. The fourth-order valence-electron chi connectivity index (χ4n) is 2.68. The molecule has 0 heterocycles. The molecular weight excluding hydrogens is 503 g/mol. The van der Waals surface area contributed by atoms with Crippen LogP contribution >= 0.6 is 35.6 Å². The van der Waals surface area contributed by atoms with Crippen LogP contribution in [0.1, 0.15) is 18.1 Å². The first-order valence-corrected chi connectivity index (χ1v) is 9.53. The molecule has 2 aromatic carbocycles. The number of ether oxygens (including phenoxy) is 1. The second-order valence-corrected chi connectivity index (χ2v) is 6.67. The molecule has 8 heteroatoms. The van der Waals surface area contributed by atoms with E-state index in [1.165, 1.54) is 12.5 Å². The van der Waals surface area contributed by atoms with Crippen LogP contribution in [0.2, 0.25) is 5.02 Å². The van der Waals surface area contributed by atoms with Gasteiger partial charge in [0.1, 0.15) is 5.75 Å². The number of methoxy groups -OCH3 is 1. The number of hydrogen-bond donors (Lipinski definition) is 3. The van der Waals surface area contributed by atoms with Crippen molar-refractivity contribution >= 4 is 53.1 Å². The number of anilines is 1. The summed E-state index contributed by atoms with van der Waals surface area (Å²) < 4.78 is 5.17. The summed E-state index contributed by atoms with van der Waals surface area (Å²) in [5.41, 5.74) is 3.05. The van der Waals surface area contributed by atoms with E-state index in [1.807, 2.05) is 42.5 Å². The van der Waals surface area contributed by atoms with Gasteiger partial charge in [-0.15, -0.1) is 24.0 Å². The maximum atomic E-state index is 11.0. The van der Waals surface area contributed by atoms with Gasteiger partial charge in [-0.3, -0.25) is 9.79 Å². The summed E-state index contributed by atoms with van der Waals surface area (Å²) in [7, 11) is 3.37. The summed E-state index contributed by atoms with van der Waals surface area (Å²) in [6, 6.07) is 13.5. The van der Waals surface area contributed by atoms with E-state index < -0.39 is 0 Å². The molecule has 29 heavy (non-hydrogen) atoms. The lowest BCUT2D eigenvalue weighted by atomic mass is 10.1. The Morgan fingerprint density at radius 2 is 1.72 bits per heavy atom. The summed E-state index contributed by atoms with van der Waals surface area (Å²) in [4.78, 5) is 15.3. The van der Waals surface area contributed by atoms with Crippen LogP contribution < -0.4 is 20.7 Å². The molecule has 2 rings (SSSR count). The Hall–Kier alpha value is -2.00. The topological polar surface area (TPSA) is 74.8 Å². The Morgan fingerprint density at radius 3 is 2.28 bits per heavy atom. The minimum Gasteiger partial charge on any atom is -0.497 e. The van der Waals surface area contributed by atoms with E-state index in [9.17, 15) is 4.79 Å². The summed E-state index contributed by atoms with van der Waals surface area (Å²) >= 11 is 6.27. The summed E-state index contributed by atoms with van der Waals surface area (Å²) in [6.45, 7) is 2.97. The van der Waals surface area contributed by atoms with E-state index in [1.54, 1.807) is 14.2 Å². The van der Waals surface area contributed by atoms with Crippen LogP contribution in [0.5, 0.6) is 5.75 Å². The van der Waals surface area contributed by atoms with Gasteiger partial charge >= 0.3 is 0 Å². The van der Waals surface area contributed by atoms with Gasteiger partial charge in [-0.05, 0) is 48.2 Å². The average Bonchev–Trinajstić information content (AvgIpc) is 2.68. The SMILES string of the molecule is CN=C(NCCc1ccc(NC(C)=O)cc1)NCCc1ccc(OC)cc1Cl.I. The molecule has 0 aromatic heterocycles. The molecule has 158 valence electrons. The monoisotopic (exact) mass is 530 g/mol. The molecule has 0 saturated heterocycles. The second kappa shape index (κ2) is 13.3. The van der Waals surface area contributed by atoms with Crippen LogP contribution in [0.15, 0.2) is 47.5 Å². The smallest absolute Gasteiger partial charge is 0.221 e. The standard InChI is InChI=1S/C21H27ClN4O2.HI/c1-15(27)26-18-7-4-16(5-8-18)10-12-24-21(23-2)25-13-11-17-6-9-19(28-3)14-20(17)22;/h4-9,14H,10-13H2,1-3H3,(H,26,27)(H2,23,24,25);1H. The molecule has 0 bridgehead atoms. The van der Waals surface area contributed by atoms with Gasteiger partial charge in [-0.2, -0.15) is 0 Å². The molecular formula is C21H28ClIN4O2. The lowest BCUT2D eigenvalue weighted by Gasteiger charge is -2.13. The van der Waals surface area contributed by atoms with Crippen molar-refractivity contribution < 1.29 is 9.53 Å². The number of guanidine groups is 1. The molecule has 0 fully saturated rings. The summed E-state index contributed by atoms with van der Waals surface area (Å²) in [6.07, 6.45) is 1.64. The molecule has 2 aromatic rings. The van der Waals surface area contributed by atoms with E-state index in [4.69, 9.17) is 16.3 Å². The van der Waals surface area contributed by atoms with Gasteiger partial charge in [0, 0.05) is 37.8 Å². The van der Waals surface area contributed by atoms with Crippen LogP contribution in [0.4, 0.5) is 5.69 Å². The van der Waals surface area contributed by atoms with E-state index in [0.29, 0.717) is 5.02 Å². The summed E-state index contributed by atoms with van der Waals surface area (Å²) in [5.74, 6) is 1.43. The highest BCUT2D eigenvalue weighted by molar-refractivity contribution is 14.0. The summed E-state index contributed by atoms with van der Waals surface area (Å²) in [5, 5.41) is 10.1. The Labute approximate surface area is 194 Å². The van der Waals surface area contributed by atoms with E-state index in [-0.39, 0.29) is 29.9 Å². The Kier molecular flexibility index (Phi) is 11.5. The minimum absolute atomic E-state index is 0. The van der Waals surface area contributed by atoms with E-state index in [2.05, 4.69) is 20.9 Å². The van der Waals surface area contributed by atoms with Crippen LogP contribution in [0.3, 0.4) is 0 Å². The van der Waals surface area contributed by atoms with E-state index in [0.717, 1.165) is 48.9 Å². The highest BCUT2D eigenvalue weighted by Gasteiger charge is 2.04. The van der Waals surface area contributed by atoms with Crippen molar-refractivity contribution in [1.82, 2.24) is 10.6 Å². The predicted molar refractivity (Wildman–Crippen MR) is 131 cm³/mol. The minimum atomic E-state index is -0.0692. The van der Waals surface area contributed by atoms with Crippen LogP contribution in [0.25, 0.3) is 0 Å². The maximum absolute atomic E-state index is 11.0. The number of halogens is 2. The number of hydrogen-bond acceptors (Lipinski definition) is 3. The third kappa shape index (κ3) is 8.91. The van der Waals surface area contributed by atoms with Crippen LogP contribution in [-0.4, -0.2) is 39.1 Å². The van der Waals surface area contributed by atoms with Gasteiger partial charge in [0.15, 0.2) is 5.96 Å². The first-order valence-electron chi connectivity index (χ1n) is 9.15. The van der Waals surface area contributed by atoms with Crippen molar-refractivity contribution in [1.29, 1.82) is 0 Å². The second-order valence-electron chi connectivity index (χ2n) is 6.26. The van der Waals surface area contributed by atoms with Crippen molar-refractivity contribution in [3.8, 4) is 5.75 Å². The fourth-order valence-corrected chi connectivity index (χ4v) is 2.94. The van der Waals surface area contributed by atoms with Gasteiger partial charge in [0.05, 0.1) is 7.11 Å². The van der Waals surface area contributed by atoms with Gasteiger partial charge in [-0.1, -0.05) is 29.8 Å². The maximum Gasteiger partial charge on any atom is 0.221 e. The lowest BCUT2D eigenvalue weighted by Crippen LogP contribution is -2.39. The number of nitrogens with one attached hydrogen (secondary N) is 3. The van der Waals surface area contributed by atoms with Crippen LogP contribution in [0, 0.1) is 0 Å². The van der Waals surface area contributed by atoms with Gasteiger partial charge < -0.3 is 20.7 Å². The number of amides is 1. The number of nitrogens with zero attached hydrogens (tertiary/aromatic N) is 1. The lowest BCUT2D eigenvalue weighted by molar-refractivity contribution is -0.114. The van der Waals surface area contributed by atoms with Gasteiger partial charge in [0.25, 0.3) is 0 Å². The Morgan fingerprint density at radius 1 is 1.07 bits per heavy atom. The van der Waals surface area contributed by atoms with Crippen molar-refractivity contribution in [3.05, 3.63) is 58.6 Å². The van der Waals surface area contributed by atoms with Crippen LogP contribution in [-0.2, 0) is 17.6 Å². The Bertz CT molecular complexity index is 813. The first-order chi connectivity index (χ1) is 13.5. The number of rotatable bonds is 8. The molecule has 0 aliphatic carbocycles. The van der Waals surface area contributed by atoms with E-state index >= 15 is 0 Å². The zero-order chi connectivity index (χ0) is 20.4. The number of carbonyl (C=O) groups excluding carboxylic acids is 1. The predicted octanol–water partition coefficient (Wildman–Crippen LogP) is 3.88. The highest BCUT2D eigenvalue weighted by Crippen LogP contribution is 2.22. The third-order valence-corrected chi connectivity index (χ3v) is 4.50. The van der Waals surface area contributed by atoms with Gasteiger partial charge in [0.2, 0.25) is 5.91 Å². The average molecular weight is 531 g/mol. The number of benzene rings is 2. The van der Waals surface area contributed by atoms with Crippen molar-refractivity contribution in [2.45, 2.75) is 19.8 Å². The Balaban J connectivity index is 0.00000420. The molecule has 0 aliphatic rings. The molecule has 1 amide bonds. The number of aliphatic imine (C=N–C) groups is 1.